The summed E-state index contributed by atoms with van der Waals surface area (Å²) in [6.45, 7) is 2.86. The molecule has 3 nitrogen and oxygen atoms in total. The minimum Gasteiger partial charge on any atom is -0.397 e. The Morgan fingerprint density at radius 2 is 2.25 bits per heavy atom. The number of benzene rings is 1. The molecule has 0 aromatic heterocycles. The Morgan fingerprint density at radius 3 is 2.81 bits per heavy atom. The summed E-state index contributed by atoms with van der Waals surface area (Å²) in [6.07, 6.45) is 3.00. The second-order valence-corrected chi connectivity index (χ2v) is 4.35. The zero-order chi connectivity index (χ0) is 11.5. The minimum atomic E-state index is 0.560. The van der Waals surface area contributed by atoms with E-state index in [1.165, 1.54) is 18.4 Å². The van der Waals surface area contributed by atoms with Crippen molar-refractivity contribution >= 4 is 11.4 Å². The fraction of sp³-hybridized carbons (Fsp3) is 0.462. The maximum absolute atomic E-state index is 8.69. The van der Waals surface area contributed by atoms with Crippen molar-refractivity contribution in [2.75, 3.05) is 17.2 Å². The third kappa shape index (κ3) is 2.11. The highest BCUT2D eigenvalue weighted by Gasteiger charge is 2.30. The summed E-state index contributed by atoms with van der Waals surface area (Å²) in [7, 11) is 0. The number of aryl methyl sites for hydroxylation is 1. The van der Waals surface area contributed by atoms with Crippen LogP contribution >= 0.6 is 0 Å². The van der Waals surface area contributed by atoms with Gasteiger partial charge in [-0.1, -0.05) is 12.1 Å². The number of nitrogens with zero attached hydrogens (tertiary/aromatic N) is 2. The number of anilines is 2. The summed E-state index contributed by atoms with van der Waals surface area (Å²) in [6, 6.07) is 8.79. The van der Waals surface area contributed by atoms with E-state index < -0.39 is 0 Å². The van der Waals surface area contributed by atoms with Crippen molar-refractivity contribution < 1.29 is 0 Å². The summed E-state index contributed by atoms with van der Waals surface area (Å²) in [5.41, 5.74) is 9.18. The van der Waals surface area contributed by atoms with Crippen LogP contribution in [0, 0.1) is 18.3 Å². The van der Waals surface area contributed by atoms with Crippen molar-refractivity contribution in [1.29, 1.82) is 5.26 Å². The van der Waals surface area contributed by atoms with E-state index in [-0.39, 0.29) is 0 Å². The van der Waals surface area contributed by atoms with Gasteiger partial charge in [-0.15, -0.1) is 0 Å². The lowest BCUT2D eigenvalue weighted by Crippen LogP contribution is -2.28. The molecule has 0 saturated heterocycles. The van der Waals surface area contributed by atoms with Gasteiger partial charge >= 0.3 is 0 Å². The normalized spacial score (nSPS) is 14.5. The lowest BCUT2D eigenvalue weighted by atomic mass is 10.1. The van der Waals surface area contributed by atoms with Crippen LogP contribution in [0.3, 0.4) is 0 Å². The van der Waals surface area contributed by atoms with E-state index in [9.17, 15) is 0 Å². The first-order chi connectivity index (χ1) is 7.74. The molecule has 0 spiro atoms. The molecule has 2 N–H and O–H groups in total. The second kappa shape index (κ2) is 4.44. The molecule has 0 heterocycles. The van der Waals surface area contributed by atoms with Crippen LogP contribution in [0.5, 0.6) is 0 Å². The first kappa shape index (κ1) is 10.8. The first-order valence-electron chi connectivity index (χ1n) is 5.72. The molecule has 1 fully saturated rings. The molecule has 1 saturated carbocycles. The van der Waals surface area contributed by atoms with Crippen molar-refractivity contribution in [3.8, 4) is 6.07 Å². The number of nitrogens with two attached hydrogens (primary N) is 1. The molecular weight excluding hydrogens is 198 g/mol. The largest absolute Gasteiger partial charge is 0.397 e. The van der Waals surface area contributed by atoms with E-state index in [2.05, 4.69) is 24.0 Å². The number of nitrogen functional groups attached to an aromatic ring is 1. The summed E-state index contributed by atoms with van der Waals surface area (Å²) in [5.74, 6) is 0. The topological polar surface area (TPSA) is 53.0 Å². The molecule has 0 amide bonds. The van der Waals surface area contributed by atoms with Gasteiger partial charge in [0.2, 0.25) is 0 Å². The Balaban J connectivity index is 2.27. The quantitative estimate of drug-likeness (QED) is 0.785. The second-order valence-electron chi connectivity index (χ2n) is 4.35. The van der Waals surface area contributed by atoms with Gasteiger partial charge in [-0.3, -0.25) is 0 Å². The molecule has 1 aliphatic carbocycles. The van der Waals surface area contributed by atoms with Gasteiger partial charge in [0.15, 0.2) is 0 Å². The molecule has 0 unspecified atom stereocenters. The Bertz CT molecular complexity index is 395. The van der Waals surface area contributed by atoms with E-state index in [4.69, 9.17) is 11.0 Å². The molecule has 84 valence electrons. The zero-order valence-corrected chi connectivity index (χ0v) is 9.61. The van der Waals surface area contributed by atoms with Gasteiger partial charge in [0.05, 0.1) is 23.9 Å². The fourth-order valence-electron chi connectivity index (χ4n) is 2.11. The molecule has 2 rings (SSSR count). The van der Waals surface area contributed by atoms with Crippen molar-refractivity contribution in [3.05, 3.63) is 23.8 Å². The number of hydrogen-bond acceptors (Lipinski definition) is 3. The van der Waals surface area contributed by atoms with Crippen LogP contribution in [-0.2, 0) is 0 Å². The average molecular weight is 215 g/mol. The smallest absolute Gasteiger partial charge is 0.0640 e. The molecule has 1 aliphatic rings. The van der Waals surface area contributed by atoms with E-state index >= 15 is 0 Å². The van der Waals surface area contributed by atoms with Gasteiger partial charge in [0.25, 0.3) is 0 Å². The number of nitriles is 1. The highest BCUT2D eigenvalue weighted by atomic mass is 15.2. The number of hydrogen-bond donors (Lipinski definition) is 1. The lowest BCUT2D eigenvalue weighted by Gasteiger charge is -2.26. The van der Waals surface area contributed by atoms with Crippen molar-refractivity contribution in [3.63, 3.8) is 0 Å². The summed E-state index contributed by atoms with van der Waals surface area (Å²) >= 11 is 0. The van der Waals surface area contributed by atoms with Crippen LogP contribution in [0.1, 0.15) is 24.8 Å². The van der Waals surface area contributed by atoms with Gasteiger partial charge in [-0.05, 0) is 31.4 Å². The third-order valence-electron chi connectivity index (χ3n) is 3.01. The van der Waals surface area contributed by atoms with Gasteiger partial charge in [-0.2, -0.15) is 5.26 Å². The third-order valence-corrected chi connectivity index (χ3v) is 3.01. The zero-order valence-electron chi connectivity index (χ0n) is 9.61. The summed E-state index contributed by atoms with van der Waals surface area (Å²) < 4.78 is 0. The van der Waals surface area contributed by atoms with Crippen LogP contribution in [0.2, 0.25) is 0 Å². The molecule has 16 heavy (non-hydrogen) atoms. The Kier molecular flexibility index (Phi) is 3.00. The van der Waals surface area contributed by atoms with Crippen LogP contribution < -0.4 is 10.6 Å². The van der Waals surface area contributed by atoms with Crippen molar-refractivity contribution in [2.45, 2.75) is 32.2 Å². The van der Waals surface area contributed by atoms with Gasteiger partial charge in [-0.25, -0.2) is 0 Å². The predicted molar refractivity (Wildman–Crippen MR) is 66.2 cm³/mol. The molecule has 0 bridgehead atoms. The average Bonchev–Trinajstić information content (AvgIpc) is 3.06. The molecular formula is C13H17N3. The minimum absolute atomic E-state index is 0.560. The standard InChI is InChI=1S/C13H17N3/c1-10-4-2-5-12(15)13(10)16(9-3-8-14)11-6-7-11/h2,4-5,11H,3,6-7,9,15H2,1H3. The lowest BCUT2D eigenvalue weighted by molar-refractivity contribution is 0.791. The highest BCUT2D eigenvalue weighted by molar-refractivity contribution is 5.72. The fourth-order valence-corrected chi connectivity index (χ4v) is 2.11. The van der Waals surface area contributed by atoms with Crippen LogP contribution in [-0.4, -0.2) is 12.6 Å². The van der Waals surface area contributed by atoms with Gasteiger partial charge in [0.1, 0.15) is 0 Å². The van der Waals surface area contributed by atoms with Gasteiger partial charge < -0.3 is 10.6 Å². The molecule has 1 aromatic rings. The Hall–Kier alpha value is -1.69. The molecule has 3 heteroatoms. The maximum Gasteiger partial charge on any atom is 0.0640 e. The molecule has 0 aliphatic heterocycles. The molecule has 1 aromatic carbocycles. The Morgan fingerprint density at radius 1 is 1.50 bits per heavy atom. The van der Waals surface area contributed by atoms with Gasteiger partial charge in [0, 0.05) is 12.6 Å². The van der Waals surface area contributed by atoms with E-state index in [1.54, 1.807) is 0 Å². The van der Waals surface area contributed by atoms with Crippen LogP contribution in [0.25, 0.3) is 0 Å². The van der Waals surface area contributed by atoms with Crippen molar-refractivity contribution in [1.82, 2.24) is 0 Å². The molecule has 0 atom stereocenters. The monoisotopic (exact) mass is 215 g/mol. The van der Waals surface area contributed by atoms with Crippen LogP contribution in [0.4, 0.5) is 11.4 Å². The SMILES string of the molecule is Cc1cccc(N)c1N(CCC#N)C1CC1. The van der Waals surface area contributed by atoms with E-state index in [0.29, 0.717) is 12.5 Å². The first-order valence-corrected chi connectivity index (χ1v) is 5.72. The van der Waals surface area contributed by atoms with Crippen molar-refractivity contribution in [2.24, 2.45) is 0 Å². The summed E-state index contributed by atoms with van der Waals surface area (Å²) in [5, 5.41) is 8.69. The van der Waals surface area contributed by atoms with E-state index in [0.717, 1.165) is 17.9 Å². The number of rotatable bonds is 4. The predicted octanol–water partition coefficient (Wildman–Crippen LogP) is 2.46. The Labute approximate surface area is 96.5 Å². The summed E-state index contributed by atoms with van der Waals surface area (Å²) in [4.78, 5) is 2.30. The molecule has 0 radical (unpaired) electrons. The maximum atomic E-state index is 8.69. The van der Waals surface area contributed by atoms with Crippen LogP contribution in [0.15, 0.2) is 18.2 Å². The number of para-hydroxylation sites is 1. The van der Waals surface area contributed by atoms with E-state index in [1.807, 2.05) is 12.1 Å². The highest BCUT2D eigenvalue weighted by Crippen LogP contribution is 2.36.